The zero-order valence-electron chi connectivity index (χ0n) is 19.3. The van der Waals surface area contributed by atoms with Crippen LogP contribution in [-0.2, 0) is 16.1 Å². The highest BCUT2D eigenvalue weighted by molar-refractivity contribution is 9.11. The summed E-state index contributed by atoms with van der Waals surface area (Å²) in [4.78, 5) is 26.5. The molecular weight excluding hydrogens is 593 g/mol. The van der Waals surface area contributed by atoms with Crippen LogP contribution in [0.4, 0.5) is 4.39 Å². The highest BCUT2D eigenvalue weighted by Crippen LogP contribution is 2.48. The van der Waals surface area contributed by atoms with Crippen LogP contribution in [0.1, 0.15) is 39.9 Å². The lowest BCUT2D eigenvalue weighted by Gasteiger charge is -2.29. The van der Waals surface area contributed by atoms with Gasteiger partial charge in [0.1, 0.15) is 18.2 Å². The van der Waals surface area contributed by atoms with E-state index in [4.69, 9.17) is 9.47 Å². The molecule has 0 saturated heterocycles. The van der Waals surface area contributed by atoms with E-state index < -0.39 is 11.9 Å². The van der Waals surface area contributed by atoms with E-state index >= 15 is 0 Å². The number of benzene rings is 3. The standard InChI is InChI=1S/C28H20Br2FNO4/c1-14-22(28(34)35-2)23(24-25(32-14)18-5-3-4-6-19(18)26(24)33)16-11-20(29)27(21(30)12-16)36-13-15-7-9-17(31)10-8-15/h3-12,23,32H,13H2,1-2H3/t23-/m0/s1. The van der Waals surface area contributed by atoms with Crippen LogP contribution in [0, 0.1) is 5.82 Å². The van der Waals surface area contributed by atoms with Crippen LogP contribution >= 0.6 is 31.9 Å². The molecule has 3 aromatic rings. The molecule has 1 atom stereocenters. The summed E-state index contributed by atoms with van der Waals surface area (Å²) in [5.74, 6) is -1.05. The number of allylic oxidation sites excluding steroid dienone is 2. The Bertz CT molecular complexity index is 1450. The van der Waals surface area contributed by atoms with E-state index in [1.807, 2.05) is 30.3 Å². The van der Waals surface area contributed by atoms with Gasteiger partial charge in [0, 0.05) is 28.3 Å². The van der Waals surface area contributed by atoms with Gasteiger partial charge in [0.05, 0.1) is 27.3 Å². The Balaban J connectivity index is 1.57. The van der Waals surface area contributed by atoms with Gasteiger partial charge in [-0.3, -0.25) is 4.79 Å². The molecule has 36 heavy (non-hydrogen) atoms. The molecule has 5 nitrogen and oxygen atoms in total. The van der Waals surface area contributed by atoms with E-state index in [0.717, 1.165) is 16.7 Å². The van der Waals surface area contributed by atoms with Crippen molar-refractivity contribution in [3.63, 3.8) is 0 Å². The minimum Gasteiger partial charge on any atom is -0.487 e. The summed E-state index contributed by atoms with van der Waals surface area (Å²) in [6.07, 6.45) is 0. The number of hydrogen-bond donors (Lipinski definition) is 1. The number of nitrogens with one attached hydrogen (secondary N) is 1. The lowest BCUT2D eigenvalue weighted by Crippen LogP contribution is -2.29. The van der Waals surface area contributed by atoms with Crippen molar-refractivity contribution in [1.29, 1.82) is 0 Å². The minimum absolute atomic E-state index is 0.129. The van der Waals surface area contributed by atoms with Gasteiger partial charge in [-0.25, -0.2) is 9.18 Å². The molecule has 2 aliphatic rings. The van der Waals surface area contributed by atoms with Gasteiger partial charge in [0.2, 0.25) is 0 Å². The van der Waals surface area contributed by atoms with Crippen molar-refractivity contribution < 1.29 is 23.5 Å². The van der Waals surface area contributed by atoms with Gasteiger partial charge in [-0.05, 0) is 74.2 Å². The van der Waals surface area contributed by atoms with Gasteiger partial charge in [0.25, 0.3) is 0 Å². The van der Waals surface area contributed by atoms with Gasteiger partial charge < -0.3 is 14.8 Å². The summed E-state index contributed by atoms with van der Waals surface area (Å²) in [5.41, 5.74) is 5.14. The van der Waals surface area contributed by atoms with Crippen LogP contribution in [-0.4, -0.2) is 18.9 Å². The lowest BCUT2D eigenvalue weighted by molar-refractivity contribution is -0.136. The number of hydrogen-bond acceptors (Lipinski definition) is 5. The Morgan fingerprint density at radius 3 is 2.31 bits per heavy atom. The van der Waals surface area contributed by atoms with Crippen molar-refractivity contribution in [1.82, 2.24) is 5.32 Å². The van der Waals surface area contributed by atoms with Crippen molar-refractivity contribution in [2.24, 2.45) is 0 Å². The smallest absolute Gasteiger partial charge is 0.336 e. The van der Waals surface area contributed by atoms with Crippen LogP contribution in [0.5, 0.6) is 5.75 Å². The highest BCUT2D eigenvalue weighted by Gasteiger charge is 2.43. The monoisotopic (exact) mass is 611 g/mol. The van der Waals surface area contributed by atoms with Gasteiger partial charge >= 0.3 is 5.97 Å². The Labute approximate surface area is 224 Å². The molecule has 1 heterocycles. The SMILES string of the molecule is COC(=O)C1=C(C)NC2=C(C(=O)c3ccccc32)[C@H]1c1cc(Br)c(OCc2ccc(F)cc2)c(Br)c1. The fraction of sp³-hybridized carbons (Fsp3) is 0.143. The van der Waals surface area contributed by atoms with Crippen molar-refractivity contribution in [3.8, 4) is 5.75 Å². The van der Waals surface area contributed by atoms with E-state index in [2.05, 4.69) is 37.2 Å². The summed E-state index contributed by atoms with van der Waals surface area (Å²) < 4.78 is 25.6. The van der Waals surface area contributed by atoms with Crippen molar-refractivity contribution in [3.05, 3.63) is 115 Å². The predicted octanol–water partition coefficient (Wildman–Crippen LogP) is 6.67. The fourth-order valence-corrected chi connectivity index (χ4v) is 6.11. The maximum absolute atomic E-state index is 13.6. The molecule has 0 fully saturated rings. The maximum atomic E-state index is 13.6. The van der Waals surface area contributed by atoms with E-state index in [-0.39, 0.29) is 18.2 Å². The quantitative estimate of drug-likeness (QED) is 0.326. The van der Waals surface area contributed by atoms with E-state index in [0.29, 0.717) is 42.8 Å². The van der Waals surface area contributed by atoms with Crippen molar-refractivity contribution in [2.75, 3.05) is 7.11 Å². The number of rotatable bonds is 5. The molecule has 0 radical (unpaired) electrons. The molecule has 3 aromatic carbocycles. The summed E-state index contributed by atoms with van der Waals surface area (Å²) in [6.45, 7) is 2.04. The number of ether oxygens (including phenoxy) is 2. The topological polar surface area (TPSA) is 64.6 Å². The molecule has 182 valence electrons. The first-order valence-corrected chi connectivity index (χ1v) is 12.7. The molecule has 1 aliphatic carbocycles. The number of ketones is 1. The van der Waals surface area contributed by atoms with Gasteiger partial charge in [0.15, 0.2) is 5.78 Å². The number of halogens is 3. The molecule has 0 bridgehead atoms. The summed E-state index contributed by atoms with van der Waals surface area (Å²) in [5, 5.41) is 3.28. The minimum atomic E-state index is -0.646. The molecule has 0 saturated carbocycles. The van der Waals surface area contributed by atoms with Crippen LogP contribution in [0.2, 0.25) is 0 Å². The average Bonchev–Trinajstić information content (AvgIpc) is 3.14. The largest absolute Gasteiger partial charge is 0.487 e. The van der Waals surface area contributed by atoms with E-state index in [9.17, 15) is 14.0 Å². The number of carbonyl (C=O) groups excluding carboxylic acids is 2. The number of carbonyl (C=O) groups is 2. The zero-order valence-corrected chi connectivity index (χ0v) is 22.5. The summed E-state index contributed by atoms with van der Waals surface area (Å²) in [6, 6.07) is 17.2. The number of methoxy groups -OCH3 is 1. The molecule has 0 unspecified atom stereocenters. The lowest BCUT2D eigenvalue weighted by atomic mass is 9.80. The second kappa shape index (κ2) is 9.67. The number of esters is 1. The Morgan fingerprint density at radius 1 is 1.03 bits per heavy atom. The molecule has 8 heteroatoms. The number of Topliss-reactive ketones (excluding diaryl/α,β-unsaturated/α-hetero) is 1. The molecule has 0 spiro atoms. The Hall–Kier alpha value is -3.23. The van der Waals surface area contributed by atoms with E-state index in [1.54, 1.807) is 25.1 Å². The fourth-order valence-electron chi connectivity index (χ4n) is 4.66. The summed E-state index contributed by atoms with van der Waals surface area (Å²) in [7, 11) is 1.33. The third-order valence-electron chi connectivity index (χ3n) is 6.30. The second-order valence-corrected chi connectivity index (χ2v) is 10.2. The van der Waals surface area contributed by atoms with Crippen molar-refractivity contribution >= 4 is 49.3 Å². The molecule has 0 aromatic heterocycles. The molecule has 0 amide bonds. The summed E-state index contributed by atoms with van der Waals surface area (Å²) >= 11 is 7.18. The molecular formula is C28H20Br2FNO4. The van der Waals surface area contributed by atoms with Gasteiger partial charge in [-0.15, -0.1) is 0 Å². The average molecular weight is 613 g/mol. The second-order valence-electron chi connectivity index (χ2n) is 8.48. The van der Waals surface area contributed by atoms with Crippen LogP contribution in [0.25, 0.3) is 5.70 Å². The zero-order chi connectivity index (χ0) is 25.6. The highest BCUT2D eigenvalue weighted by atomic mass is 79.9. The normalized spacial score (nSPS) is 16.5. The first-order chi connectivity index (χ1) is 17.3. The third kappa shape index (κ3) is 4.18. The van der Waals surface area contributed by atoms with Gasteiger partial charge in [-0.2, -0.15) is 0 Å². The molecule has 1 aliphatic heterocycles. The third-order valence-corrected chi connectivity index (χ3v) is 7.48. The van der Waals surface area contributed by atoms with Crippen molar-refractivity contribution in [2.45, 2.75) is 19.4 Å². The molecule has 5 rings (SSSR count). The van der Waals surface area contributed by atoms with Crippen LogP contribution < -0.4 is 10.1 Å². The number of dihydropyridines is 1. The van der Waals surface area contributed by atoms with Crippen LogP contribution in [0.3, 0.4) is 0 Å². The number of fused-ring (bicyclic) bond motifs is 2. The Morgan fingerprint density at radius 2 is 1.67 bits per heavy atom. The first-order valence-electron chi connectivity index (χ1n) is 11.1. The van der Waals surface area contributed by atoms with E-state index in [1.165, 1.54) is 19.2 Å². The molecule has 1 N–H and O–H groups in total. The predicted molar refractivity (Wildman–Crippen MR) is 141 cm³/mol. The van der Waals surface area contributed by atoms with Crippen LogP contribution in [0.15, 0.2) is 86.5 Å². The van der Waals surface area contributed by atoms with Gasteiger partial charge in [-0.1, -0.05) is 36.4 Å². The first kappa shape index (κ1) is 24.5. The Kier molecular flexibility index (Phi) is 6.57. The maximum Gasteiger partial charge on any atom is 0.336 e.